The lowest BCUT2D eigenvalue weighted by atomic mass is 10.1. The number of benzene rings is 1. The molecule has 1 rings (SSSR count). The predicted molar refractivity (Wildman–Crippen MR) is 58.5 cm³/mol. The molecule has 1 aromatic carbocycles. The molecule has 0 unspecified atom stereocenters. The largest absolute Gasteiger partial charge is 0.478 e. The lowest BCUT2D eigenvalue weighted by Gasteiger charge is -2.01. The fourth-order valence-corrected chi connectivity index (χ4v) is 2.46. The molecule has 0 spiro atoms. The molecule has 0 radical (unpaired) electrons. The van der Waals surface area contributed by atoms with Crippen molar-refractivity contribution in [3.8, 4) is 6.07 Å². The van der Waals surface area contributed by atoms with Crippen molar-refractivity contribution in [2.45, 2.75) is 0 Å². The summed E-state index contributed by atoms with van der Waals surface area (Å²) >= 11 is 5.13. The molecule has 5 heteroatoms. The van der Waals surface area contributed by atoms with E-state index in [1.807, 2.05) is 28.7 Å². The van der Waals surface area contributed by atoms with Crippen LogP contribution in [0.15, 0.2) is 16.6 Å². The Morgan fingerprint density at radius 3 is 2.69 bits per heavy atom. The molecule has 0 aliphatic carbocycles. The third kappa shape index (κ3) is 2.19. The van der Waals surface area contributed by atoms with Gasteiger partial charge < -0.3 is 5.11 Å². The molecule has 66 valence electrons. The maximum atomic E-state index is 10.7. The van der Waals surface area contributed by atoms with E-state index in [0.717, 1.165) is 3.57 Å². The van der Waals surface area contributed by atoms with Crippen molar-refractivity contribution in [3.05, 3.63) is 31.3 Å². The summed E-state index contributed by atoms with van der Waals surface area (Å²) in [7, 11) is 0. The zero-order chi connectivity index (χ0) is 10.0. The molecule has 0 bridgehead atoms. The zero-order valence-electron chi connectivity index (χ0n) is 6.21. The number of aromatic carboxylic acids is 1. The lowest BCUT2D eigenvalue weighted by Crippen LogP contribution is -2.01. The van der Waals surface area contributed by atoms with Crippen molar-refractivity contribution in [3.63, 3.8) is 0 Å². The van der Waals surface area contributed by atoms with Gasteiger partial charge in [0.05, 0.1) is 11.1 Å². The quantitative estimate of drug-likeness (QED) is 0.791. The van der Waals surface area contributed by atoms with Gasteiger partial charge in [0.1, 0.15) is 6.07 Å². The first-order valence-corrected chi connectivity index (χ1v) is 5.06. The van der Waals surface area contributed by atoms with Gasteiger partial charge in [0.2, 0.25) is 0 Å². The molecule has 1 aromatic rings. The second kappa shape index (κ2) is 4.07. The van der Waals surface area contributed by atoms with Crippen molar-refractivity contribution in [1.82, 2.24) is 0 Å². The number of rotatable bonds is 1. The highest BCUT2D eigenvalue weighted by atomic mass is 127. The molecule has 3 nitrogen and oxygen atoms in total. The average molecular weight is 352 g/mol. The van der Waals surface area contributed by atoms with Gasteiger partial charge >= 0.3 is 5.97 Å². The van der Waals surface area contributed by atoms with Gasteiger partial charge in [-0.15, -0.1) is 0 Å². The summed E-state index contributed by atoms with van der Waals surface area (Å²) in [6.45, 7) is 0. The van der Waals surface area contributed by atoms with Crippen molar-refractivity contribution < 1.29 is 9.90 Å². The van der Waals surface area contributed by atoms with Crippen molar-refractivity contribution in [1.29, 1.82) is 5.26 Å². The number of carboxylic acid groups (broad SMARTS) is 1. The van der Waals surface area contributed by atoms with Crippen molar-refractivity contribution in [2.24, 2.45) is 0 Å². The Morgan fingerprint density at radius 2 is 2.23 bits per heavy atom. The van der Waals surface area contributed by atoms with Gasteiger partial charge in [-0.05, 0) is 50.7 Å². The maximum absolute atomic E-state index is 10.7. The van der Waals surface area contributed by atoms with Gasteiger partial charge in [0.15, 0.2) is 0 Å². The first-order chi connectivity index (χ1) is 6.06. The van der Waals surface area contributed by atoms with Gasteiger partial charge in [0.25, 0.3) is 0 Å². The molecule has 0 aliphatic rings. The van der Waals surface area contributed by atoms with Crippen LogP contribution in [0, 0.1) is 14.9 Å². The van der Waals surface area contributed by atoms with Crippen LogP contribution in [-0.2, 0) is 0 Å². The Morgan fingerprint density at radius 1 is 1.62 bits per heavy atom. The first-order valence-electron chi connectivity index (χ1n) is 3.18. The van der Waals surface area contributed by atoms with Crippen LogP contribution < -0.4 is 0 Å². The van der Waals surface area contributed by atoms with E-state index in [-0.39, 0.29) is 11.1 Å². The highest BCUT2D eigenvalue weighted by molar-refractivity contribution is 14.1. The maximum Gasteiger partial charge on any atom is 0.337 e. The van der Waals surface area contributed by atoms with Gasteiger partial charge in [0, 0.05) is 8.04 Å². The Labute approximate surface area is 96.6 Å². The van der Waals surface area contributed by atoms with E-state index in [9.17, 15) is 4.79 Å². The molecule has 0 fully saturated rings. The fourth-order valence-electron chi connectivity index (χ4n) is 0.856. The van der Waals surface area contributed by atoms with Gasteiger partial charge in [-0.3, -0.25) is 0 Å². The summed E-state index contributed by atoms with van der Waals surface area (Å²) in [4.78, 5) is 10.7. The number of carbonyl (C=O) groups is 1. The molecule has 0 saturated carbocycles. The van der Waals surface area contributed by atoms with Crippen LogP contribution in [0.1, 0.15) is 15.9 Å². The topological polar surface area (TPSA) is 61.1 Å². The molecule has 13 heavy (non-hydrogen) atoms. The minimum absolute atomic E-state index is 0.0290. The summed E-state index contributed by atoms with van der Waals surface area (Å²) in [6.07, 6.45) is 0. The van der Waals surface area contributed by atoms with Gasteiger partial charge in [-0.2, -0.15) is 5.26 Å². The second-order valence-electron chi connectivity index (χ2n) is 2.23. The third-order valence-electron chi connectivity index (χ3n) is 1.40. The molecular formula is C8H3BrINO2. The standard InChI is InChI=1S/C8H3BrINO2/c9-7-2-4(10)1-5(8(12)13)6(7)3-11/h1-2H,(H,12,13). The molecule has 0 atom stereocenters. The number of carboxylic acids is 1. The van der Waals surface area contributed by atoms with Gasteiger partial charge in [-0.25, -0.2) is 4.79 Å². The van der Waals surface area contributed by atoms with Crippen LogP contribution in [0.3, 0.4) is 0 Å². The molecule has 1 N–H and O–H groups in total. The molecule has 0 aliphatic heterocycles. The van der Waals surface area contributed by atoms with Crippen LogP contribution in [0.5, 0.6) is 0 Å². The molecule has 0 amide bonds. The van der Waals surface area contributed by atoms with Crippen LogP contribution in [0.25, 0.3) is 0 Å². The number of nitrogens with zero attached hydrogens (tertiary/aromatic N) is 1. The summed E-state index contributed by atoms with van der Waals surface area (Å²) in [5.74, 6) is -1.09. The minimum atomic E-state index is -1.09. The lowest BCUT2D eigenvalue weighted by molar-refractivity contribution is 0.0696. The van der Waals surface area contributed by atoms with E-state index < -0.39 is 5.97 Å². The van der Waals surface area contributed by atoms with E-state index in [1.54, 1.807) is 6.07 Å². The summed E-state index contributed by atoms with van der Waals surface area (Å²) in [5, 5.41) is 17.5. The fraction of sp³-hybridized carbons (Fsp3) is 0. The van der Waals surface area contributed by atoms with E-state index in [4.69, 9.17) is 10.4 Å². The average Bonchev–Trinajstić information content (AvgIpc) is 2.02. The Kier molecular flexibility index (Phi) is 3.27. The number of halogens is 2. The summed E-state index contributed by atoms with van der Waals surface area (Å²) in [5.41, 5.74) is 0.189. The molecule has 0 saturated heterocycles. The highest BCUT2D eigenvalue weighted by Gasteiger charge is 2.13. The molecule has 0 heterocycles. The van der Waals surface area contributed by atoms with Crippen molar-refractivity contribution in [2.75, 3.05) is 0 Å². The SMILES string of the molecule is N#Cc1c(Br)cc(I)cc1C(=O)O. The Hall–Kier alpha value is -0.610. The third-order valence-corrected chi connectivity index (χ3v) is 2.65. The van der Waals surface area contributed by atoms with Crippen LogP contribution in [0.2, 0.25) is 0 Å². The first kappa shape index (κ1) is 10.5. The zero-order valence-corrected chi connectivity index (χ0v) is 9.96. The van der Waals surface area contributed by atoms with Crippen LogP contribution in [0.4, 0.5) is 0 Å². The Balaban J connectivity index is 3.50. The van der Waals surface area contributed by atoms with Crippen molar-refractivity contribution >= 4 is 44.5 Å². The molecule has 0 aromatic heterocycles. The van der Waals surface area contributed by atoms with Crippen LogP contribution >= 0.6 is 38.5 Å². The number of nitriles is 1. The second-order valence-corrected chi connectivity index (χ2v) is 4.33. The van der Waals surface area contributed by atoms with E-state index in [1.165, 1.54) is 6.07 Å². The summed E-state index contributed by atoms with van der Waals surface area (Å²) < 4.78 is 1.29. The molecular weight excluding hydrogens is 349 g/mol. The minimum Gasteiger partial charge on any atom is -0.478 e. The predicted octanol–water partition coefficient (Wildman–Crippen LogP) is 2.62. The smallest absolute Gasteiger partial charge is 0.337 e. The Bertz CT molecular complexity index is 411. The van der Waals surface area contributed by atoms with Gasteiger partial charge in [-0.1, -0.05) is 0 Å². The normalized spacial score (nSPS) is 9.31. The van der Waals surface area contributed by atoms with E-state index in [2.05, 4.69) is 15.9 Å². The number of hydrogen-bond donors (Lipinski definition) is 1. The van der Waals surface area contributed by atoms with Crippen LogP contribution in [-0.4, -0.2) is 11.1 Å². The summed E-state index contributed by atoms with van der Waals surface area (Å²) in [6, 6.07) is 5.01. The van der Waals surface area contributed by atoms with E-state index in [0.29, 0.717) is 4.47 Å². The highest BCUT2D eigenvalue weighted by Crippen LogP contribution is 2.23. The monoisotopic (exact) mass is 351 g/mol. The number of hydrogen-bond acceptors (Lipinski definition) is 2. The van der Waals surface area contributed by atoms with E-state index >= 15 is 0 Å².